The van der Waals surface area contributed by atoms with Crippen LogP contribution in [-0.4, -0.2) is 20.2 Å². The van der Waals surface area contributed by atoms with Crippen LogP contribution in [0.25, 0.3) is 32.9 Å². The van der Waals surface area contributed by atoms with Crippen LogP contribution in [0.1, 0.15) is 17.0 Å². The van der Waals surface area contributed by atoms with Gasteiger partial charge in [-0.1, -0.05) is 48.0 Å². The summed E-state index contributed by atoms with van der Waals surface area (Å²) in [6.07, 6.45) is 0. The van der Waals surface area contributed by atoms with Gasteiger partial charge in [-0.25, -0.2) is 9.97 Å². The molecule has 4 rings (SSSR count). The molecule has 4 heteroatoms. The quantitative estimate of drug-likeness (QED) is 0.562. The van der Waals surface area contributed by atoms with Crippen LogP contribution in [0.15, 0.2) is 54.6 Å². The number of hydrogen-bond acceptors (Lipinski definition) is 4. The third-order valence-corrected chi connectivity index (χ3v) is 4.44. The van der Waals surface area contributed by atoms with Crippen molar-refractivity contribution in [3.8, 4) is 11.1 Å². The van der Waals surface area contributed by atoms with Crippen molar-refractivity contribution >= 4 is 21.8 Å². The molecule has 2 aromatic heterocycles. The number of aliphatic hydroxyl groups is 2. The number of rotatable bonds is 3. The zero-order chi connectivity index (χ0) is 17.4. The molecular weight excluding hydrogens is 312 g/mol. The Kier molecular flexibility index (Phi) is 3.92. The summed E-state index contributed by atoms with van der Waals surface area (Å²) in [4.78, 5) is 9.16. The van der Waals surface area contributed by atoms with Crippen molar-refractivity contribution in [1.82, 2.24) is 9.97 Å². The van der Waals surface area contributed by atoms with E-state index in [1.165, 1.54) is 5.56 Å². The first kappa shape index (κ1) is 15.7. The van der Waals surface area contributed by atoms with Crippen LogP contribution < -0.4 is 0 Å². The number of fused-ring (bicyclic) bond motifs is 3. The summed E-state index contributed by atoms with van der Waals surface area (Å²) < 4.78 is 0. The van der Waals surface area contributed by atoms with Crippen LogP contribution >= 0.6 is 0 Å². The molecule has 0 spiro atoms. The Morgan fingerprint density at radius 1 is 0.760 bits per heavy atom. The Bertz CT molecular complexity index is 1070. The standard InChI is InChI=1S/C21H18N2O2/c1-13-2-4-14(5-3-13)19-10-17(12-25)23-21-18(19)9-7-15-6-8-16(11-24)22-20(15)21/h2-10,24-25H,11-12H2,1H3. The Morgan fingerprint density at radius 3 is 2.16 bits per heavy atom. The van der Waals surface area contributed by atoms with Crippen molar-refractivity contribution in [2.75, 3.05) is 0 Å². The largest absolute Gasteiger partial charge is 0.390 e. The molecule has 0 saturated carbocycles. The molecule has 4 aromatic rings. The van der Waals surface area contributed by atoms with Crippen molar-refractivity contribution < 1.29 is 10.2 Å². The normalized spacial score (nSPS) is 11.3. The highest BCUT2D eigenvalue weighted by molar-refractivity contribution is 6.08. The average molecular weight is 330 g/mol. The van der Waals surface area contributed by atoms with E-state index in [1.54, 1.807) is 0 Å². The zero-order valence-corrected chi connectivity index (χ0v) is 13.9. The molecule has 0 aliphatic carbocycles. The number of aliphatic hydroxyl groups excluding tert-OH is 2. The minimum absolute atomic E-state index is 0.114. The number of pyridine rings is 2. The Labute approximate surface area is 145 Å². The Morgan fingerprint density at radius 2 is 1.44 bits per heavy atom. The molecule has 0 saturated heterocycles. The molecule has 0 amide bonds. The maximum absolute atomic E-state index is 9.66. The second-order valence-corrected chi connectivity index (χ2v) is 6.18. The van der Waals surface area contributed by atoms with Crippen molar-refractivity contribution in [3.63, 3.8) is 0 Å². The number of aromatic nitrogens is 2. The van der Waals surface area contributed by atoms with Crippen LogP contribution in [-0.2, 0) is 13.2 Å². The van der Waals surface area contributed by atoms with Crippen molar-refractivity contribution in [3.05, 3.63) is 71.5 Å². The molecule has 0 atom stereocenters. The predicted molar refractivity (Wildman–Crippen MR) is 99.1 cm³/mol. The highest BCUT2D eigenvalue weighted by atomic mass is 16.3. The van der Waals surface area contributed by atoms with E-state index >= 15 is 0 Å². The van der Waals surface area contributed by atoms with E-state index in [-0.39, 0.29) is 13.2 Å². The Hall–Kier alpha value is -2.82. The number of benzene rings is 2. The number of nitrogens with zero attached hydrogens (tertiary/aromatic N) is 2. The topological polar surface area (TPSA) is 66.2 Å². The summed E-state index contributed by atoms with van der Waals surface area (Å²) in [5, 5.41) is 21.0. The molecule has 0 fully saturated rings. The number of aryl methyl sites for hydroxylation is 1. The van der Waals surface area contributed by atoms with Gasteiger partial charge in [-0.15, -0.1) is 0 Å². The molecule has 2 heterocycles. The maximum atomic E-state index is 9.66. The Balaban J connectivity index is 2.09. The van der Waals surface area contributed by atoms with Gasteiger partial charge in [0.25, 0.3) is 0 Å². The molecule has 25 heavy (non-hydrogen) atoms. The molecule has 2 aromatic carbocycles. The molecule has 0 aliphatic heterocycles. The van der Waals surface area contributed by atoms with E-state index in [0.717, 1.165) is 32.9 Å². The molecule has 0 bridgehead atoms. The summed E-state index contributed by atoms with van der Waals surface area (Å²) in [6.45, 7) is 1.81. The van der Waals surface area contributed by atoms with Crippen LogP contribution in [0.2, 0.25) is 0 Å². The highest BCUT2D eigenvalue weighted by Crippen LogP contribution is 2.32. The van der Waals surface area contributed by atoms with Gasteiger partial charge in [-0.2, -0.15) is 0 Å². The summed E-state index contributed by atoms with van der Waals surface area (Å²) >= 11 is 0. The molecular formula is C21H18N2O2. The van der Waals surface area contributed by atoms with Gasteiger partial charge in [-0.3, -0.25) is 0 Å². The smallest absolute Gasteiger partial charge is 0.0975 e. The highest BCUT2D eigenvalue weighted by Gasteiger charge is 2.12. The first-order valence-electron chi connectivity index (χ1n) is 8.20. The maximum Gasteiger partial charge on any atom is 0.0975 e. The van der Waals surface area contributed by atoms with Crippen LogP contribution in [0, 0.1) is 6.92 Å². The lowest BCUT2D eigenvalue weighted by atomic mass is 9.98. The molecule has 0 radical (unpaired) electrons. The fourth-order valence-corrected chi connectivity index (χ4v) is 3.11. The van der Waals surface area contributed by atoms with E-state index < -0.39 is 0 Å². The lowest BCUT2D eigenvalue weighted by molar-refractivity contribution is 0.277. The third kappa shape index (κ3) is 2.76. The number of hydrogen-bond donors (Lipinski definition) is 2. The monoisotopic (exact) mass is 330 g/mol. The van der Waals surface area contributed by atoms with Gasteiger partial charge in [0.15, 0.2) is 0 Å². The van der Waals surface area contributed by atoms with Crippen molar-refractivity contribution in [2.24, 2.45) is 0 Å². The molecule has 2 N–H and O–H groups in total. The van der Waals surface area contributed by atoms with Gasteiger partial charge in [0.1, 0.15) is 0 Å². The van der Waals surface area contributed by atoms with Gasteiger partial charge in [0.05, 0.1) is 35.6 Å². The average Bonchev–Trinajstić information content (AvgIpc) is 2.67. The van der Waals surface area contributed by atoms with Crippen molar-refractivity contribution in [1.29, 1.82) is 0 Å². The zero-order valence-electron chi connectivity index (χ0n) is 13.9. The predicted octanol–water partition coefficient (Wildman–Crippen LogP) is 3.74. The van der Waals surface area contributed by atoms with E-state index in [9.17, 15) is 10.2 Å². The molecule has 0 unspecified atom stereocenters. The van der Waals surface area contributed by atoms with E-state index in [0.29, 0.717) is 11.4 Å². The van der Waals surface area contributed by atoms with Gasteiger partial charge >= 0.3 is 0 Å². The SMILES string of the molecule is Cc1ccc(-c2cc(CO)nc3c2ccc2ccc(CO)nc23)cc1. The fraction of sp³-hybridized carbons (Fsp3) is 0.143. The summed E-state index contributed by atoms with van der Waals surface area (Å²) in [7, 11) is 0. The van der Waals surface area contributed by atoms with Gasteiger partial charge < -0.3 is 10.2 Å². The minimum Gasteiger partial charge on any atom is -0.390 e. The lowest BCUT2D eigenvalue weighted by Crippen LogP contribution is -1.96. The van der Waals surface area contributed by atoms with E-state index in [2.05, 4.69) is 41.2 Å². The molecule has 124 valence electrons. The first-order chi connectivity index (χ1) is 12.2. The fourth-order valence-electron chi connectivity index (χ4n) is 3.11. The van der Waals surface area contributed by atoms with Crippen LogP contribution in [0.5, 0.6) is 0 Å². The summed E-state index contributed by atoms with van der Waals surface area (Å²) in [5.41, 5.74) is 5.99. The second-order valence-electron chi connectivity index (χ2n) is 6.18. The third-order valence-electron chi connectivity index (χ3n) is 4.44. The first-order valence-corrected chi connectivity index (χ1v) is 8.20. The summed E-state index contributed by atoms with van der Waals surface area (Å²) in [5.74, 6) is 0. The van der Waals surface area contributed by atoms with Gasteiger partial charge in [-0.05, 0) is 30.2 Å². The van der Waals surface area contributed by atoms with E-state index in [1.807, 2.05) is 30.3 Å². The van der Waals surface area contributed by atoms with Gasteiger partial charge in [0.2, 0.25) is 0 Å². The van der Waals surface area contributed by atoms with E-state index in [4.69, 9.17) is 0 Å². The lowest BCUT2D eigenvalue weighted by Gasteiger charge is -2.11. The second kappa shape index (κ2) is 6.24. The van der Waals surface area contributed by atoms with Crippen molar-refractivity contribution in [2.45, 2.75) is 20.1 Å². The van der Waals surface area contributed by atoms with Gasteiger partial charge in [0, 0.05) is 10.8 Å². The summed E-state index contributed by atoms with van der Waals surface area (Å²) in [6, 6.07) is 18.0. The van der Waals surface area contributed by atoms with Crippen LogP contribution in [0.4, 0.5) is 0 Å². The minimum atomic E-state index is -0.134. The molecule has 0 aliphatic rings. The van der Waals surface area contributed by atoms with Crippen LogP contribution in [0.3, 0.4) is 0 Å². The molecule has 4 nitrogen and oxygen atoms in total.